The maximum atomic E-state index is 13.6. The Kier molecular flexibility index (Phi) is 5.38. The van der Waals surface area contributed by atoms with Gasteiger partial charge >= 0.3 is 5.69 Å². The summed E-state index contributed by atoms with van der Waals surface area (Å²) in [4.78, 5) is 36.2. The van der Waals surface area contributed by atoms with Crippen LogP contribution in [-0.4, -0.2) is 23.7 Å². The van der Waals surface area contributed by atoms with Gasteiger partial charge in [-0.3, -0.25) is 18.9 Å². The molecule has 0 aliphatic carbocycles. The van der Waals surface area contributed by atoms with Gasteiger partial charge in [0.2, 0.25) is 0 Å². The van der Waals surface area contributed by atoms with Gasteiger partial charge in [-0.05, 0) is 23.1 Å². The molecule has 0 spiro atoms. The molecule has 0 atom stereocenters. The van der Waals surface area contributed by atoms with E-state index in [1.165, 1.54) is 4.57 Å². The lowest BCUT2D eigenvalue weighted by Gasteiger charge is -2.14. The molecular weight excluding hydrogens is 414 g/mol. The van der Waals surface area contributed by atoms with E-state index in [0.717, 1.165) is 22.0 Å². The standard InChI is InChI=1S/C26H25N5O2/c1-18(2)14-29-17-28-24-23(29)25(32)31(26(33)30(24)15-19-8-4-3-5-9-19)16-21-11-6-10-20-12-7-13-27-22(20)21/h3-13,17-18H,14-16H2,1-2H3. The van der Waals surface area contributed by atoms with E-state index in [1.54, 1.807) is 17.1 Å². The highest BCUT2D eigenvalue weighted by atomic mass is 16.2. The van der Waals surface area contributed by atoms with Crippen LogP contribution in [0.15, 0.2) is 82.8 Å². The second-order valence-electron chi connectivity index (χ2n) is 8.70. The minimum atomic E-state index is -0.376. The highest BCUT2D eigenvalue weighted by molar-refractivity contribution is 5.81. The Hall–Kier alpha value is -4.00. The number of aromatic nitrogens is 5. The molecule has 7 heteroatoms. The third-order valence-electron chi connectivity index (χ3n) is 5.77. The third kappa shape index (κ3) is 3.86. The first-order valence-corrected chi connectivity index (χ1v) is 11.1. The van der Waals surface area contributed by atoms with Crippen LogP contribution in [0.4, 0.5) is 0 Å². The lowest BCUT2D eigenvalue weighted by molar-refractivity contribution is 0.529. The highest BCUT2D eigenvalue weighted by Gasteiger charge is 2.19. The van der Waals surface area contributed by atoms with Gasteiger partial charge in [-0.25, -0.2) is 9.78 Å². The molecule has 0 aliphatic heterocycles. The fraction of sp³-hybridized carbons (Fsp3) is 0.231. The van der Waals surface area contributed by atoms with Gasteiger partial charge in [0, 0.05) is 18.1 Å². The fourth-order valence-corrected chi connectivity index (χ4v) is 4.28. The number of hydrogen-bond donors (Lipinski definition) is 0. The molecule has 33 heavy (non-hydrogen) atoms. The maximum absolute atomic E-state index is 13.6. The number of benzene rings is 2. The summed E-state index contributed by atoms with van der Waals surface area (Å²) in [5.74, 6) is 0.326. The van der Waals surface area contributed by atoms with Crippen molar-refractivity contribution in [2.75, 3.05) is 0 Å². The van der Waals surface area contributed by atoms with Crippen molar-refractivity contribution in [3.63, 3.8) is 0 Å². The van der Waals surface area contributed by atoms with Gasteiger partial charge < -0.3 is 4.57 Å². The van der Waals surface area contributed by atoms with Crippen LogP contribution >= 0.6 is 0 Å². The molecule has 5 rings (SSSR count). The number of hydrogen-bond acceptors (Lipinski definition) is 4. The Morgan fingerprint density at radius 1 is 0.848 bits per heavy atom. The summed E-state index contributed by atoms with van der Waals surface area (Å²) >= 11 is 0. The molecule has 0 aliphatic rings. The van der Waals surface area contributed by atoms with E-state index >= 15 is 0 Å². The van der Waals surface area contributed by atoms with E-state index in [9.17, 15) is 9.59 Å². The molecule has 0 unspecified atom stereocenters. The Labute approximate surface area is 190 Å². The van der Waals surface area contributed by atoms with Gasteiger partial charge in [-0.2, -0.15) is 0 Å². The number of fused-ring (bicyclic) bond motifs is 2. The lowest BCUT2D eigenvalue weighted by Crippen LogP contribution is -2.41. The van der Waals surface area contributed by atoms with Crippen LogP contribution in [0.2, 0.25) is 0 Å². The smallest absolute Gasteiger partial charge is 0.324 e. The topological polar surface area (TPSA) is 74.7 Å². The molecule has 0 amide bonds. The lowest BCUT2D eigenvalue weighted by atomic mass is 10.1. The molecule has 5 aromatic rings. The largest absolute Gasteiger partial charge is 0.333 e. The monoisotopic (exact) mass is 439 g/mol. The van der Waals surface area contributed by atoms with E-state index in [0.29, 0.717) is 30.2 Å². The Morgan fingerprint density at radius 3 is 2.42 bits per heavy atom. The molecule has 0 bridgehead atoms. The van der Waals surface area contributed by atoms with Crippen molar-refractivity contribution in [2.45, 2.75) is 33.5 Å². The zero-order valence-electron chi connectivity index (χ0n) is 18.7. The Balaban J connectivity index is 1.74. The number of nitrogens with zero attached hydrogens (tertiary/aromatic N) is 5. The van der Waals surface area contributed by atoms with Crippen molar-refractivity contribution < 1.29 is 0 Å². The van der Waals surface area contributed by atoms with Crippen LogP contribution in [0.3, 0.4) is 0 Å². The van der Waals surface area contributed by atoms with Gasteiger partial charge in [-0.15, -0.1) is 0 Å². The number of imidazole rings is 1. The second-order valence-corrected chi connectivity index (χ2v) is 8.70. The summed E-state index contributed by atoms with van der Waals surface area (Å²) in [6, 6.07) is 19.4. The quantitative estimate of drug-likeness (QED) is 0.405. The molecule has 7 nitrogen and oxygen atoms in total. The van der Waals surface area contributed by atoms with E-state index in [4.69, 9.17) is 0 Å². The fourth-order valence-electron chi connectivity index (χ4n) is 4.28. The average molecular weight is 440 g/mol. The summed E-state index contributed by atoms with van der Waals surface area (Å²) in [5.41, 5.74) is 2.75. The first kappa shape index (κ1) is 20.9. The van der Waals surface area contributed by atoms with E-state index in [1.807, 2.05) is 65.2 Å². The van der Waals surface area contributed by atoms with E-state index in [2.05, 4.69) is 23.8 Å². The molecule has 0 fully saturated rings. The van der Waals surface area contributed by atoms with E-state index < -0.39 is 0 Å². The van der Waals surface area contributed by atoms with Gasteiger partial charge in [-0.1, -0.05) is 68.4 Å². The first-order valence-electron chi connectivity index (χ1n) is 11.1. The minimum absolute atomic E-state index is 0.142. The predicted octanol–water partition coefficient (Wildman–Crippen LogP) is 3.66. The molecular formula is C26H25N5O2. The van der Waals surface area contributed by atoms with Gasteiger partial charge in [0.05, 0.1) is 24.9 Å². The van der Waals surface area contributed by atoms with Crippen molar-refractivity contribution in [1.29, 1.82) is 0 Å². The Morgan fingerprint density at radius 2 is 1.64 bits per heavy atom. The average Bonchev–Trinajstić information content (AvgIpc) is 3.23. The van der Waals surface area contributed by atoms with E-state index in [-0.39, 0.29) is 17.8 Å². The summed E-state index contributed by atoms with van der Waals surface area (Å²) in [6.07, 6.45) is 3.39. The zero-order chi connectivity index (χ0) is 22.9. The normalized spacial score (nSPS) is 11.6. The maximum Gasteiger partial charge on any atom is 0.333 e. The molecule has 0 radical (unpaired) electrons. The van der Waals surface area contributed by atoms with Crippen LogP contribution in [0, 0.1) is 5.92 Å². The van der Waals surface area contributed by atoms with Gasteiger partial charge in [0.1, 0.15) is 0 Å². The van der Waals surface area contributed by atoms with Crippen LogP contribution in [-0.2, 0) is 19.6 Å². The van der Waals surface area contributed by atoms with Crippen LogP contribution in [0.1, 0.15) is 25.0 Å². The summed E-state index contributed by atoms with van der Waals surface area (Å²) in [6.45, 7) is 5.30. The van der Waals surface area contributed by atoms with Crippen molar-refractivity contribution in [3.05, 3.63) is 105 Å². The molecule has 0 saturated carbocycles. The molecule has 2 aromatic carbocycles. The van der Waals surface area contributed by atoms with Gasteiger partial charge in [0.25, 0.3) is 5.56 Å². The summed E-state index contributed by atoms with van der Waals surface area (Å²) < 4.78 is 4.77. The number of rotatable bonds is 6. The minimum Gasteiger partial charge on any atom is -0.324 e. The van der Waals surface area contributed by atoms with Crippen molar-refractivity contribution in [1.82, 2.24) is 23.7 Å². The highest BCUT2D eigenvalue weighted by Crippen LogP contribution is 2.17. The van der Waals surface area contributed by atoms with Crippen LogP contribution < -0.4 is 11.2 Å². The van der Waals surface area contributed by atoms with Gasteiger partial charge in [0.15, 0.2) is 11.2 Å². The SMILES string of the molecule is CC(C)Cn1cnc2c1c(=O)n(Cc1cccc3cccnc13)c(=O)n2Cc1ccccc1. The van der Waals surface area contributed by atoms with Crippen molar-refractivity contribution >= 4 is 22.1 Å². The second kappa shape index (κ2) is 8.50. The number of para-hydroxylation sites is 1. The summed E-state index contributed by atoms with van der Waals surface area (Å²) in [7, 11) is 0. The third-order valence-corrected chi connectivity index (χ3v) is 5.77. The number of pyridine rings is 1. The zero-order valence-corrected chi connectivity index (χ0v) is 18.7. The predicted molar refractivity (Wildman–Crippen MR) is 129 cm³/mol. The Bertz CT molecular complexity index is 1560. The molecule has 166 valence electrons. The molecule has 3 aromatic heterocycles. The van der Waals surface area contributed by atoms with Crippen LogP contribution in [0.25, 0.3) is 22.1 Å². The summed E-state index contributed by atoms with van der Waals surface area (Å²) in [5, 5.41) is 0.971. The molecule has 3 heterocycles. The molecule has 0 saturated heterocycles. The van der Waals surface area contributed by atoms with Crippen molar-refractivity contribution in [2.24, 2.45) is 5.92 Å². The molecule has 0 N–H and O–H groups in total. The first-order chi connectivity index (χ1) is 16.0. The van der Waals surface area contributed by atoms with Crippen molar-refractivity contribution in [3.8, 4) is 0 Å². The van der Waals surface area contributed by atoms with Crippen LogP contribution in [0.5, 0.6) is 0 Å².